The van der Waals surface area contributed by atoms with Gasteiger partial charge in [0.05, 0.1) is 0 Å². The Hall–Kier alpha value is -0.830. The Bertz CT molecular complexity index is 206. The maximum Gasteiger partial charge on any atom is 0.134 e. The SMILES string of the molecule is CCCC.COCc1nccn1C. The fourth-order valence-electron chi connectivity index (χ4n) is 0.665. The minimum absolute atomic E-state index is 0.587. The normalized spacial score (nSPS) is 9.23. The number of imidazole rings is 1. The number of hydrogen-bond acceptors (Lipinski definition) is 2. The Morgan fingerprint density at radius 3 is 2.31 bits per heavy atom. The zero-order chi connectivity index (χ0) is 10.1. The second-order valence-corrected chi connectivity index (χ2v) is 2.89. The van der Waals surface area contributed by atoms with Crippen LogP contribution >= 0.6 is 0 Å². The van der Waals surface area contributed by atoms with Crippen molar-refractivity contribution in [2.75, 3.05) is 7.11 Å². The Kier molecular flexibility index (Phi) is 7.30. The number of methoxy groups -OCH3 is 1. The van der Waals surface area contributed by atoms with Crippen molar-refractivity contribution in [3.8, 4) is 0 Å². The molecule has 0 saturated carbocycles. The lowest BCUT2D eigenvalue weighted by Crippen LogP contribution is -1.97. The van der Waals surface area contributed by atoms with Gasteiger partial charge >= 0.3 is 0 Å². The summed E-state index contributed by atoms with van der Waals surface area (Å²) in [5, 5.41) is 0. The molecule has 0 aromatic carbocycles. The monoisotopic (exact) mass is 184 g/mol. The number of nitrogens with zero attached hydrogens (tertiary/aromatic N) is 2. The van der Waals surface area contributed by atoms with Gasteiger partial charge in [-0.1, -0.05) is 26.7 Å². The van der Waals surface area contributed by atoms with E-state index in [0.29, 0.717) is 6.61 Å². The van der Waals surface area contributed by atoms with Crippen LogP contribution in [-0.4, -0.2) is 16.7 Å². The van der Waals surface area contributed by atoms with Crippen molar-refractivity contribution in [3.63, 3.8) is 0 Å². The van der Waals surface area contributed by atoms with Crippen LogP contribution in [0.3, 0.4) is 0 Å². The molecule has 0 aliphatic heterocycles. The third kappa shape index (κ3) is 5.42. The first-order valence-corrected chi connectivity index (χ1v) is 4.71. The molecule has 0 bridgehead atoms. The first kappa shape index (κ1) is 12.2. The highest BCUT2D eigenvalue weighted by molar-refractivity contribution is 4.88. The van der Waals surface area contributed by atoms with E-state index in [1.165, 1.54) is 12.8 Å². The lowest BCUT2D eigenvalue weighted by molar-refractivity contribution is 0.175. The molecule has 0 unspecified atom stereocenters. The average Bonchev–Trinajstić information content (AvgIpc) is 2.53. The molecule has 0 saturated heterocycles. The smallest absolute Gasteiger partial charge is 0.134 e. The number of aromatic nitrogens is 2. The minimum Gasteiger partial charge on any atom is -0.377 e. The molecule has 0 amide bonds. The van der Waals surface area contributed by atoms with Gasteiger partial charge in [0.25, 0.3) is 0 Å². The topological polar surface area (TPSA) is 27.1 Å². The molecule has 0 aliphatic carbocycles. The highest BCUT2D eigenvalue weighted by Gasteiger charge is 1.94. The van der Waals surface area contributed by atoms with Gasteiger partial charge in [0.1, 0.15) is 12.4 Å². The summed E-state index contributed by atoms with van der Waals surface area (Å²) >= 11 is 0. The van der Waals surface area contributed by atoms with Crippen LogP contribution in [0.1, 0.15) is 32.5 Å². The number of unbranched alkanes of at least 4 members (excludes halogenated alkanes) is 1. The third-order valence-corrected chi connectivity index (χ3v) is 1.69. The summed E-state index contributed by atoms with van der Waals surface area (Å²) in [6.07, 6.45) is 6.29. The molecule has 1 rings (SSSR count). The molecule has 13 heavy (non-hydrogen) atoms. The van der Waals surface area contributed by atoms with Crippen molar-refractivity contribution < 1.29 is 4.74 Å². The summed E-state index contributed by atoms with van der Waals surface area (Å²) in [7, 11) is 3.61. The molecular weight excluding hydrogens is 164 g/mol. The van der Waals surface area contributed by atoms with Crippen LogP contribution < -0.4 is 0 Å². The zero-order valence-electron chi connectivity index (χ0n) is 9.08. The van der Waals surface area contributed by atoms with E-state index >= 15 is 0 Å². The maximum absolute atomic E-state index is 4.88. The Balaban J connectivity index is 0.000000310. The average molecular weight is 184 g/mol. The molecule has 0 spiro atoms. The van der Waals surface area contributed by atoms with Crippen LogP contribution in [0.2, 0.25) is 0 Å². The van der Waals surface area contributed by atoms with Crippen LogP contribution in [-0.2, 0) is 18.4 Å². The van der Waals surface area contributed by atoms with Gasteiger partial charge in [0.2, 0.25) is 0 Å². The van der Waals surface area contributed by atoms with E-state index in [-0.39, 0.29) is 0 Å². The lowest BCUT2D eigenvalue weighted by Gasteiger charge is -1.96. The first-order chi connectivity index (χ1) is 6.26. The van der Waals surface area contributed by atoms with E-state index in [0.717, 1.165) is 5.82 Å². The number of hydrogen-bond donors (Lipinski definition) is 0. The van der Waals surface area contributed by atoms with Gasteiger partial charge in [-0.05, 0) is 0 Å². The Morgan fingerprint density at radius 2 is 2.00 bits per heavy atom. The molecule has 1 aromatic heterocycles. The van der Waals surface area contributed by atoms with Gasteiger partial charge < -0.3 is 9.30 Å². The van der Waals surface area contributed by atoms with Crippen molar-refractivity contribution in [2.45, 2.75) is 33.3 Å². The fraction of sp³-hybridized carbons (Fsp3) is 0.700. The molecule has 76 valence electrons. The second kappa shape index (κ2) is 7.80. The first-order valence-electron chi connectivity index (χ1n) is 4.71. The summed E-state index contributed by atoms with van der Waals surface area (Å²) in [6.45, 7) is 4.95. The van der Waals surface area contributed by atoms with Gasteiger partial charge in [0.15, 0.2) is 0 Å². The molecule has 0 aliphatic rings. The van der Waals surface area contributed by atoms with E-state index in [1.54, 1.807) is 13.3 Å². The molecule has 1 heterocycles. The summed E-state index contributed by atoms with van der Waals surface area (Å²) in [4.78, 5) is 4.04. The molecule has 0 atom stereocenters. The van der Waals surface area contributed by atoms with Crippen LogP contribution in [0.4, 0.5) is 0 Å². The van der Waals surface area contributed by atoms with Crippen molar-refractivity contribution >= 4 is 0 Å². The standard InChI is InChI=1S/C6H10N2O.C4H10/c1-8-4-3-7-6(8)5-9-2;1-3-4-2/h3-4H,5H2,1-2H3;3-4H2,1-2H3. The summed E-state index contributed by atoms with van der Waals surface area (Å²) < 4.78 is 6.82. The van der Waals surface area contributed by atoms with Crippen molar-refractivity contribution in [1.29, 1.82) is 0 Å². The third-order valence-electron chi connectivity index (χ3n) is 1.69. The van der Waals surface area contributed by atoms with Crippen molar-refractivity contribution in [3.05, 3.63) is 18.2 Å². The van der Waals surface area contributed by atoms with E-state index in [4.69, 9.17) is 4.74 Å². The number of ether oxygens (including phenoxy) is 1. The lowest BCUT2D eigenvalue weighted by atomic mass is 10.4. The van der Waals surface area contributed by atoms with E-state index in [2.05, 4.69) is 18.8 Å². The van der Waals surface area contributed by atoms with Gasteiger partial charge in [-0.2, -0.15) is 0 Å². The van der Waals surface area contributed by atoms with Crippen LogP contribution in [0, 0.1) is 0 Å². The quantitative estimate of drug-likeness (QED) is 0.721. The van der Waals surface area contributed by atoms with Crippen LogP contribution in [0.5, 0.6) is 0 Å². The molecule has 0 fully saturated rings. The largest absolute Gasteiger partial charge is 0.377 e. The van der Waals surface area contributed by atoms with Crippen LogP contribution in [0.25, 0.3) is 0 Å². The van der Waals surface area contributed by atoms with E-state index in [1.807, 2.05) is 17.8 Å². The summed E-state index contributed by atoms with van der Waals surface area (Å²) in [5.41, 5.74) is 0. The summed E-state index contributed by atoms with van der Waals surface area (Å²) in [6, 6.07) is 0. The molecule has 3 nitrogen and oxygen atoms in total. The van der Waals surface area contributed by atoms with Crippen molar-refractivity contribution in [2.24, 2.45) is 7.05 Å². The fourth-order valence-corrected chi connectivity index (χ4v) is 0.665. The molecule has 0 N–H and O–H groups in total. The number of rotatable bonds is 3. The summed E-state index contributed by atoms with van der Waals surface area (Å²) in [5.74, 6) is 0.956. The molecular formula is C10H20N2O. The minimum atomic E-state index is 0.587. The van der Waals surface area contributed by atoms with Crippen LogP contribution in [0.15, 0.2) is 12.4 Å². The zero-order valence-corrected chi connectivity index (χ0v) is 9.08. The number of aryl methyl sites for hydroxylation is 1. The van der Waals surface area contributed by atoms with Crippen molar-refractivity contribution in [1.82, 2.24) is 9.55 Å². The molecule has 3 heteroatoms. The molecule has 1 aromatic rings. The maximum atomic E-state index is 4.88. The van der Waals surface area contributed by atoms with Gasteiger partial charge in [-0.15, -0.1) is 0 Å². The van der Waals surface area contributed by atoms with Gasteiger partial charge in [0, 0.05) is 26.6 Å². The Labute approximate surface area is 80.7 Å². The van der Waals surface area contributed by atoms with E-state index < -0.39 is 0 Å². The highest BCUT2D eigenvalue weighted by Crippen LogP contribution is 1.93. The molecule has 0 radical (unpaired) electrons. The van der Waals surface area contributed by atoms with Gasteiger partial charge in [-0.3, -0.25) is 0 Å². The second-order valence-electron chi connectivity index (χ2n) is 2.89. The predicted octanol–water partition coefficient (Wildman–Crippen LogP) is 2.37. The van der Waals surface area contributed by atoms with Gasteiger partial charge in [-0.25, -0.2) is 4.98 Å². The Morgan fingerprint density at radius 1 is 1.38 bits per heavy atom. The predicted molar refractivity (Wildman–Crippen MR) is 54.5 cm³/mol. The highest BCUT2D eigenvalue weighted by atomic mass is 16.5. The van der Waals surface area contributed by atoms with E-state index in [9.17, 15) is 0 Å².